The smallest absolute Gasteiger partial charge is 0.267 e. The maximum absolute atomic E-state index is 12.5. The molecule has 0 saturated heterocycles. The fourth-order valence-corrected chi connectivity index (χ4v) is 3.95. The molecule has 1 amide bonds. The molecule has 1 aliphatic heterocycles. The maximum atomic E-state index is 12.5. The number of carbonyl (C=O) groups is 1. The third-order valence-electron chi connectivity index (χ3n) is 3.40. The number of aryl methyl sites for hydroxylation is 1. The van der Waals surface area contributed by atoms with Gasteiger partial charge in [-0.3, -0.25) is 4.79 Å². The molecule has 1 aliphatic rings. The first-order chi connectivity index (χ1) is 11.2. The molecule has 0 radical (unpaired) electrons. The van der Waals surface area contributed by atoms with Crippen LogP contribution in [0.1, 0.15) is 15.4 Å². The van der Waals surface area contributed by atoms with Gasteiger partial charge in [0.15, 0.2) is 11.5 Å². The van der Waals surface area contributed by atoms with Crippen molar-refractivity contribution in [2.45, 2.75) is 6.92 Å². The van der Waals surface area contributed by atoms with Gasteiger partial charge in [0.2, 0.25) is 6.79 Å². The Labute approximate surface area is 140 Å². The van der Waals surface area contributed by atoms with E-state index in [9.17, 15) is 4.79 Å². The van der Waals surface area contributed by atoms with Gasteiger partial charge in [-0.25, -0.2) is 4.98 Å². The summed E-state index contributed by atoms with van der Waals surface area (Å²) >= 11 is 3.01. The van der Waals surface area contributed by atoms with Gasteiger partial charge in [-0.05, 0) is 30.5 Å². The maximum Gasteiger partial charge on any atom is 0.267 e. The molecule has 1 N–H and O–H groups in total. The topological polar surface area (TPSA) is 60.5 Å². The number of ether oxygens (including phenoxy) is 2. The van der Waals surface area contributed by atoms with Crippen LogP contribution in [-0.4, -0.2) is 17.7 Å². The number of nitrogens with one attached hydrogen (secondary N) is 1. The van der Waals surface area contributed by atoms with E-state index in [0.717, 1.165) is 16.3 Å². The predicted octanol–water partition coefficient (Wildman–Crippen LogP) is 4.16. The Balaban J connectivity index is 1.57. The molecule has 0 atom stereocenters. The standard InChI is InChI=1S/C16H12N2O3S2/c1-9-14(23-16(17-9)10-4-5-22-7-10)15(19)18-11-2-3-12-13(6-11)21-8-20-12/h2-7H,8H2,1H3,(H,18,19). The minimum Gasteiger partial charge on any atom is -0.454 e. The van der Waals surface area contributed by atoms with Crippen molar-refractivity contribution in [2.75, 3.05) is 12.1 Å². The third-order valence-corrected chi connectivity index (χ3v) is 5.29. The highest BCUT2D eigenvalue weighted by Gasteiger charge is 2.18. The summed E-state index contributed by atoms with van der Waals surface area (Å²) in [6, 6.07) is 7.34. The Bertz CT molecular complexity index is 872. The minimum absolute atomic E-state index is 0.166. The van der Waals surface area contributed by atoms with Crippen molar-refractivity contribution >= 4 is 34.3 Å². The van der Waals surface area contributed by atoms with Crippen molar-refractivity contribution in [1.29, 1.82) is 0 Å². The summed E-state index contributed by atoms with van der Waals surface area (Å²) in [5.74, 6) is 1.17. The number of fused-ring (bicyclic) bond motifs is 1. The van der Waals surface area contributed by atoms with E-state index in [2.05, 4.69) is 10.3 Å². The Hall–Kier alpha value is -2.38. The van der Waals surface area contributed by atoms with E-state index < -0.39 is 0 Å². The second kappa shape index (κ2) is 5.68. The molecule has 1 aromatic carbocycles. The lowest BCUT2D eigenvalue weighted by Gasteiger charge is -2.05. The zero-order valence-corrected chi connectivity index (χ0v) is 13.8. The number of hydrogen-bond donors (Lipinski definition) is 1. The number of thiophene rings is 1. The average Bonchev–Trinajstić information content (AvgIpc) is 3.26. The first-order valence-electron chi connectivity index (χ1n) is 6.92. The molecular formula is C16H12N2O3S2. The quantitative estimate of drug-likeness (QED) is 0.775. The molecular weight excluding hydrogens is 332 g/mol. The molecule has 23 heavy (non-hydrogen) atoms. The SMILES string of the molecule is Cc1nc(-c2ccsc2)sc1C(=O)Nc1ccc2c(c1)OCO2. The van der Waals surface area contributed by atoms with Gasteiger partial charge >= 0.3 is 0 Å². The van der Waals surface area contributed by atoms with E-state index in [4.69, 9.17) is 9.47 Å². The molecule has 4 rings (SSSR count). The summed E-state index contributed by atoms with van der Waals surface area (Å²) in [5, 5.41) is 7.77. The van der Waals surface area contributed by atoms with Crippen LogP contribution < -0.4 is 14.8 Å². The first kappa shape index (κ1) is 14.2. The number of nitrogens with zero attached hydrogens (tertiary/aromatic N) is 1. The predicted molar refractivity (Wildman–Crippen MR) is 90.7 cm³/mol. The van der Waals surface area contributed by atoms with Crippen molar-refractivity contribution in [3.63, 3.8) is 0 Å². The lowest BCUT2D eigenvalue weighted by atomic mass is 10.2. The summed E-state index contributed by atoms with van der Waals surface area (Å²) in [6.45, 7) is 2.06. The molecule has 0 unspecified atom stereocenters. The number of anilines is 1. The van der Waals surface area contributed by atoms with Crippen LogP contribution in [0, 0.1) is 6.92 Å². The van der Waals surface area contributed by atoms with Gasteiger partial charge in [-0.15, -0.1) is 11.3 Å². The lowest BCUT2D eigenvalue weighted by Crippen LogP contribution is -2.11. The van der Waals surface area contributed by atoms with Gasteiger partial charge in [0.05, 0.1) is 5.69 Å². The highest BCUT2D eigenvalue weighted by molar-refractivity contribution is 7.17. The number of carbonyl (C=O) groups excluding carboxylic acids is 1. The summed E-state index contributed by atoms with van der Waals surface area (Å²) in [4.78, 5) is 17.6. The van der Waals surface area contributed by atoms with E-state index in [1.807, 2.05) is 23.8 Å². The minimum atomic E-state index is -0.166. The van der Waals surface area contributed by atoms with E-state index in [0.29, 0.717) is 22.1 Å². The van der Waals surface area contributed by atoms with E-state index in [1.54, 1.807) is 29.5 Å². The molecule has 3 heterocycles. The summed E-state index contributed by atoms with van der Waals surface area (Å²) in [5.41, 5.74) is 2.45. The monoisotopic (exact) mass is 344 g/mol. The van der Waals surface area contributed by atoms with Gasteiger partial charge < -0.3 is 14.8 Å². The molecule has 0 bridgehead atoms. The Morgan fingerprint density at radius 1 is 1.26 bits per heavy atom. The first-order valence-corrected chi connectivity index (χ1v) is 8.67. The zero-order valence-electron chi connectivity index (χ0n) is 12.2. The van der Waals surface area contributed by atoms with E-state index >= 15 is 0 Å². The van der Waals surface area contributed by atoms with Crippen LogP contribution in [0.4, 0.5) is 5.69 Å². The second-order valence-electron chi connectivity index (χ2n) is 4.97. The number of hydrogen-bond acceptors (Lipinski definition) is 6. The van der Waals surface area contributed by atoms with Crippen LogP contribution in [0.25, 0.3) is 10.6 Å². The molecule has 2 aromatic heterocycles. The van der Waals surface area contributed by atoms with Gasteiger partial charge in [0.25, 0.3) is 5.91 Å². The van der Waals surface area contributed by atoms with Crippen LogP contribution in [0.5, 0.6) is 11.5 Å². The van der Waals surface area contributed by atoms with Crippen LogP contribution in [0.3, 0.4) is 0 Å². The van der Waals surface area contributed by atoms with Crippen molar-refractivity contribution in [2.24, 2.45) is 0 Å². The van der Waals surface area contributed by atoms with Gasteiger partial charge in [-0.1, -0.05) is 0 Å². The number of thiazole rings is 1. The molecule has 5 nitrogen and oxygen atoms in total. The highest BCUT2D eigenvalue weighted by Crippen LogP contribution is 2.35. The fourth-order valence-electron chi connectivity index (χ4n) is 2.28. The average molecular weight is 344 g/mol. The highest BCUT2D eigenvalue weighted by atomic mass is 32.1. The second-order valence-corrected chi connectivity index (χ2v) is 6.75. The van der Waals surface area contributed by atoms with Crippen molar-refractivity contribution < 1.29 is 14.3 Å². The van der Waals surface area contributed by atoms with Crippen LogP contribution in [0.15, 0.2) is 35.0 Å². The summed E-state index contributed by atoms with van der Waals surface area (Å²) in [7, 11) is 0. The van der Waals surface area contributed by atoms with Crippen LogP contribution in [-0.2, 0) is 0 Å². The number of aromatic nitrogens is 1. The lowest BCUT2D eigenvalue weighted by molar-refractivity contribution is 0.103. The summed E-state index contributed by atoms with van der Waals surface area (Å²) in [6.07, 6.45) is 0. The van der Waals surface area contributed by atoms with E-state index in [-0.39, 0.29) is 12.7 Å². The van der Waals surface area contributed by atoms with E-state index in [1.165, 1.54) is 11.3 Å². The van der Waals surface area contributed by atoms with Crippen molar-refractivity contribution in [1.82, 2.24) is 4.98 Å². The van der Waals surface area contributed by atoms with Gasteiger partial charge in [0, 0.05) is 22.7 Å². The normalized spacial score (nSPS) is 12.4. The Morgan fingerprint density at radius 2 is 2.13 bits per heavy atom. The summed E-state index contributed by atoms with van der Waals surface area (Å²) < 4.78 is 10.6. The fraction of sp³-hybridized carbons (Fsp3) is 0.125. The molecule has 0 aliphatic carbocycles. The number of amides is 1. The molecule has 116 valence electrons. The van der Waals surface area contributed by atoms with Crippen molar-refractivity contribution in [3.8, 4) is 22.1 Å². The molecule has 7 heteroatoms. The third kappa shape index (κ3) is 2.69. The van der Waals surface area contributed by atoms with Crippen molar-refractivity contribution in [3.05, 3.63) is 45.6 Å². The molecule has 0 saturated carbocycles. The van der Waals surface area contributed by atoms with Gasteiger partial charge in [0.1, 0.15) is 9.88 Å². The zero-order chi connectivity index (χ0) is 15.8. The largest absolute Gasteiger partial charge is 0.454 e. The van der Waals surface area contributed by atoms with Gasteiger partial charge in [-0.2, -0.15) is 11.3 Å². The molecule has 3 aromatic rings. The molecule has 0 fully saturated rings. The Morgan fingerprint density at radius 3 is 2.96 bits per heavy atom. The number of rotatable bonds is 3. The Kier molecular flexibility index (Phi) is 3.51. The molecule has 0 spiro atoms. The number of benzene rings is 1. The van der Waals surface area contributed by atoms with Crippen LogP contribution in [0.2, 0.25) is 0 Å². The van der Waals surface area contributed by atoms with Crippen LogP contribution >= 0.6 is 22.7 Å².